The normalized spacial score (nSPS) is 20.2. The first kappa shape index (κ1) is 15.0. The third-order valence-corrected chi connectivity index (χ3v) is 6.76. The summed E-state index contributed by atoms with van der Waals surface area (Å²) in [6, 6.07) is 2.25. The van der Waals surface area contributed by atoms with E-state index in [2.05, 4.69) is 18.5 Å². The Bertz CT molecular complexity index is 400. The van der Waals surface area contributed by atoms with Crippen molar-refractivity contribution in [2.24, 2.45) is 0 Å². The van der Waals surface area contributed by atoms with Crippen LogP contribution in [0, 0.1) is 0 Å². The Balaban J connectivity index is 1.95. The third kappa shape index (κ3) is 3.37. The van der Waals surface area contributed by atoms with Gasteiger partial charge in [-0.1, -0.05) is 36.0 Å². The maximum absolute atomic E-state index is 6.19. The van der Waals surface area contributed by atoms with E-state index in [4.69, 9.17) is 23.2 Å². The molecule has 1 aliphatic carbocycles. The summed E-state index contributed by atoms with van der Waals surface area (Å²) in [6.45, 7) is 3.21. The smallest absolute Gasteiger partial charge is 0.0991 e. The summed E-state index contributed by atoms with van der Waals surface area (Å²) in [5.74, 6) is 0. The predicted octanol–water partition coefficient (Wildman–Crippen LogP) is 5.38. The zero-order valence-corrected chi connectivity index (χ0v) is 13.9. The van der Waals surface area contributed by atoms with Gasteiger partial charge in [0.15, 0.2) is 0 Å². The van der Waals surface area contributed by atoms with E-state index in [-0.39, 0.29) is 6.04 Å². The Morgan fingerprint density at radius 1 is 1.44 bits per heavy atom. The molecule has 1 aliphatic rings. The molecule has 1 nitrogen and oxygen atoms in total. The highest BCUT2D eigenvalue weighted by Crippen LogP contribution is 2.40. The molecule has 102 valence electrons. The van der Waals surface area contributed by atoms with E-state index in [0.717, 1.165) is 20.8 Å². The number of halogens is 2. The number of hydrogen-bond acceptors (Lipinski definition) is 3. The van der Waals surface area contributed by atoms with E-state index in [1.807, 2.05) is 17.8 Å². The molecule has 0 radical (unpaired) electrons. The Morgan fingerprint density at radius 2 is 2.11 bits per heavy atom. The molecule has 1 aromatic heterocycles. The van der Waals surface area contributed by atoms with E-state index in [1.54, 1.807) is 0 Å². The van der Waals surface area contributed by atoms with Gasteiger partial charge in [-0.2, -0.15) is 11.8 Å². The van der Waals surface area contributed by atoms with Crippen LogP contribution in [-0.2, 0) is 0 Å². The average molecular weight is 324 g/mol. The first-order valence-corrected chi connectivity index (χ1v) is 9.09. The molecule has 5 heteroatoms. The molecule has 1 unspecified atom stereocenters. The molecule has 0 saturated heterocycles. The predicted molar refractivity (Wildman–Crippen MR) is 85.5 cm³/mol. The standard InChI is InChI=1S/C13H19Cl2NS2/c1-9(10-7-11(14)18-12(10)15)16-8-13(17-2)5-3-4-6-13/h7,9,16H,3-6,8H2,1-2H3. The van der Waals surface area contributed by atoms with Crippen LogP contribution in [0.3, 0.4) is 0 Å². The van der Waals surface area contributed by atoms with Crippen LogP contribution in [0.5, 0.6) is 0 Å². The number of hydrogen-bond donors (Lipinski definition) is 1. The maximum atomic E-state index is 6.19. The van der Waals surface area contributed by atoms with Crippen molar-refractivity contribution in [1.82, 2.24) is 5.32 Å². The van der Waals surface area contributed by atoms with Gasteiger partial charge in [-0.3, -0.25) is 0 Å². The monoisotopic (exact) mass is 323 g/mol. The molecular weight excluding hydrogens is 305 g/mol. The van der Waals surface area contributed by atoms with Gasteiger partial charge in [-0.25, -0.2) is 0 Å². The minimum atomic E-state index is 0.269. The van der Waals surface area contributed by atoms with Crippen LogP contribution in [0.25, 0.3) is 0 Å². The highest BCUT2D eigenvalue weighted by atomic mass is 35.5. The van der Waals surface area contributed by atoms with Gasteiger partial charge in [0.2, 0.25) is 0 Å². The van der Waals surface area contributed by atoms with Gasteiger partial charge >= 0.3 is 0 Å². The van der Waals surface area contributed by atoms with Crippen LogP contribution in [0.2, 0.25) is 8.67 Å². The molecule has 0 bridgehead atoms. The van der Waals surface area contributed by atoms with Crippen molar-refractivity contribution in [3.63, 3.8) is 0 Å². The van der Waals surface area contributed by atoms with Crippen molar-refractivity contribution in [3.05, 3.63) is 20.3 Å². The Labute approximate surface area is 128 Å². The van der Waals surface area contributed by atoms with Crippen molar-refractivity contribution in [2.45, 2.75) is 43.4 Å². The van der Waals surface area contributed by atoms with Gasteiger partial charge in [-0.05, 0) is 37.7 Å². The largest absolute Gasteiger partial charge is 0.309 e. The first-order valence-electron chi connectivity index (χ1n) is 6.29. The summed E-state index contributed by atoms with van der Waals surface area (Å²) in [5.41, 5.74) is 1.13. The molecule has 2 rings (SSSR count). The lowest BCUT2D eigenvalue weighted by molar-refractivity contribution is 0.487. The molecule has 1 aromatic rings. The van der Waals surface area contributed by atoms with Crippen molar-refractivity contribution in [3.8, 4) is 0 Å². The highest BCUT2D eigenvalue weighted by molar-refractivity contribution is 8.00. The zero-order valence-electron chi connectivity index (χ0n) is 10.8. The summed E-state index contributed by atoms with van der Waals surface area (Å²) in [7, 11) is 0. The molecule has 1 fully saturated rings. The molecule has 0 aliphatic heterocycles. The lowest BCUT2D eigenvalue weighted by Gasteiger charge is -2.29. The van der Waals surface area contributed by atoms with Crippen molar-refractivity contribution < 1.29 is 0 Å². The van der Waals surface area contributed by atoms with E-state index in [9.17, 15) is 0 Å². The van der Waals surface area contributed by atoms with Crippen LogP contribution in [0.15, 0.2) is 6.07 Å². The van der Waals surface area contributed by atoms with E-state index < -0.39 is 0 Å². The molecular formula is C13H19Cl2NS2. The fourth-order valence-corrected chi connectivity index (χ4v) is 5.14. The molecule has 0 aromatic carbocycles. The molecule has 1 atom stereocenters. The van der Waals surface area contributed by atoms with Gasteiger partial charge in [0, 0.05) is 17.3 Å². The van der Waals surface area contributed by atoms with Gasteiger partial charge in [0.05, 0.1) is 8.67 Å². The van der Waals surface area contributed by atoms with Crippen LogP contribution in [0.1, 0.15) is 44.2 Å². The lowest BCUT2D eigenvalue weighted by Crippen LogP contribution is -2.36. The van der Waals surface area contributed by atoms with Crippen LogP contribution in [-0.4, -0.2) is 17.5 Å². The van der Waals surface area contributed by atoms with Gasteiger partial charge in [0.1, 0.15) is 0 Å². The number of rotatable bonds is 5. The SMILES string of the molecule is CSC1(CNC(C)c2cc(Cl)sc2Cl)CCCC1. The molecule has 1 saturated carbocycles. The number of nitrogens with one attached hydrogen (secondary N) is 1. The Kier molecular flexibility index (Phi) is 5.30. The fourth-order valence-electron chi connectivity index (χ4n) is 2.57. The summed E-state index contributed by atoms with van der Waals surface area (Å²) >= 11 is 15.6. The van der Waals surface area contributed by atoms with Crippen LogP contribution < -0.4 is 5.32 Å². The molecule has 0 spiro atoms. The van der Waals surface area contributed by atoms with E-state index >= 15 is 0 Å². The van der Waals surface area contributed by atoms with Crippen LogP contribution in [0.4, 0.5) is 0 Å². The molecule has 1 N–H and O–H groups in total. The average Bonchev–Trinajstić information content (AvgIpc) is 2.94. The van der Waals surface area contributed by atoms with Gasteiger partial charge in [-0.15, -0.1) is 11.3 Å². The summed E-state index contributed by atoms with van der Waals surface area (Å²) in [6.07, 6.45) is 7.61. The van der Waals surface area contributed by atoms with Crippen LogP contribution >= 0.6 is 46.3 Å². The minimum Gasteiger partial charge on any atom is -0.309 e. The zero-order chi connectivity index (χ0) is 13.2. The summed E-state index contributed by atoms with van der Waals surface area (Å²) in [4.78, 5) is 0. The lowest BCUT2D eigenvalue weighted by atomic mass is 10.1. The van der Waals surface area contributed by atoms with Gasteiger partial charge in [0.25, 0.3) is 0 Å². The quantitative estimate of drug-likeness (QED) is 0.780. The van der Waals surface area contributed by atoms with E-state index in [0.29, 0.717) is 4.75 Å². The highest BCUT2D eigenvalue weighted by Gasteiger charge is 2.33. The second kappa shape index (κ2) is 6.36. The van der Waals surface area contributed by atoms with Crippen molar-refractivity contribution in [2.75, 3.05) is 12.8 Å². The summed E-state index contributed by atoms with van der Waals surface area (Å²) in [5, 5.41) is 3.63. The molecule has 0 amide bonds. The first-order chi connectivity index (χ1) is 8.56. The second-order valence-corrected chi connectivity index (χ2v) is 8.54. The Morgan fingerprint density at radius 3 is 2.61 bits per heavy atom. The third-order valence-electron chi connectivity index (χ3n) is 3.83. The molecule has 1 heterocycles. The topological polar surface area (TPSA) is 12.0 Å². The Hall–Kier alpha value is 0.590. The van der Waals surface area contributed by atoms with E-state index in [1.165, 1.54) is 37.0 Å². The molecule has 18 heavy (non-hydrogen) atoms. The minimum absolute atomic E-state index is 0.269. The fraction of sp³-hybridized carbons (Fsp3) is 0.692. The second-order valence-electron chi connectivity index (χ2n) is 4.98. The summed E-state index contributed by atoms with van der Waals surface area (Å²) < 4.78 is 2.01. The van der Waals surface area contributed by atoms with Crippen molar-refractivity contribution in [1.29, 1.82) is 0 Å². The number of thiophene rings is 1. The van der Waals surface area contributed by atoms with Crippen molar-refractivity contribution >= 4 is 46.3 Å². The number of thioether (sulfide) groups is 1. The van der Waals surface area contributed by atoms with Gasteiger partial charge < -0.3 is 5.32 Å². The maximum Gasteiger partial charge on any atom is 0.0991 e.